The fourth-order valence-corrected chi connectivity index (χ4v) is 5.21. The van der Waals surface area contributed by atoms with Gasteiger partial charge in [0.2, 0.25) is 0 Å². The zero-order chi connectivity index (χ0) is 28.1. The zero-order valence-corrected chi connectivity index (χ0v) is 23.7. The average Bonchev–Trinajstić information content (AvgIpc) is 3.41. The maximum Gasteiger partial charge on any atom is 0.295 e. The second-order valence-corrected chi connectivity index (χ2v) is 10.1. The highest BCUT2D eigenvalue weighted by Crippen LogP contribution is 2.40. The number of nitrogens with zero attached hydrogens (tertiary/aromatic N) is 4. The number of aliphatic hydroxyl groups is 1. The second-order valence-electron chi connectivity index (χ2n) is 10.1. The van der Waals surface area contributed by atoms with Gasteiger partial charge in [0.1, 0.15) is 17.1 Å². The number of ether oxygens (including phenoxy) is 1. The third-order valence-corrected chi connectivity index (χ3v) is 7.61. The van der Waals surface area contributed by atoms with Crippen molar-refractivity contribution in [3.05, 3.63) is 70.7 Å². The van der Waals surface area contributed by atoms with E-state index in [1.54, 1.807) is 4.90 Å². The number of carbonyl (C=O) groups excluding carboxylic acids is 2. The van der Waals surface area contributed by atoms with Gasteiger partial charge in [0, 0.05) is 19.3 Å². The Bertz CT molecular complexity index is 1350. The quantitative estimate of drug-likeness (QED) is 0.148. The number of rotatable bonds is 12. The SMILES string of the molecule is CCCCCOc1ccc(C2/C(=C(\O)c3nc4c(C)cccn4c3C)C(=O)C(=O)N2CCN(CC)CC)cc1. The lowest BCUT2D eigenvalue weighted by Gasteiger charge is -2.28. The number of benzene rings is 1. The number of Topliss-reactive ketones (excluding diaryl/α,β-unsaturated/α-hetero) is 1. The van der Waals surface area contributed by atoms with Crippen molar-refractivity contribution in [1.82, 2.24) is 19.2 Å². The normalized spacial score (nSPS) is 17.1. The molecule has 1 fully saturated rings. The van der Waals surface area contributed by atoms with Crippen molar-refractivity contribution in [2.24, 2.45) is 0 Å². The number of imidazole rings is 1. The van der Waals surface area contributed by atoms with Crippen LogP contribution in [0.4, 0.5) is 0 Å². The van der Waals surface area contributed by atoms with E-state index < -0.39 is 17.7 Å². The maximum absolute atomic E-state index is 13.5. The summed E-state index contributed by atoms with van der Waals surface area (Å²) in [6.07, 6.45) is 5.10. The van der Waals surface area contributed by atoms with Gasteiger partial charge in [-0.05, 0) is 62.7 Å². The fourth-order valence-electron chi connectivity index (χ4n) is 5.21. The summed E-state index contributed by atoms with van der Waals surface area (Å²) in [5.74, 6) is -0.804. The van der Waals surface area contributed by atoms with Gasteiger partial charge in [0.05, 0.1) is 23.9 Å². The fraction of sp³-hybridized carbons (Fsp3) is 0.452. The second kappa shape index (κ2) is 12.5. The molecule has 4 rings (SSSR count). The number of aliphatic hydroxyl groups excluding tert-OH is 1. The molecule has 3 heterocycles. The molecule has 1 unspecified atom stereocenters. The number of likely N-dealkylation sites (N-methyl/N-ethyl adjacent to an activating group) is 1. The number of carbonyl (C=O) groups is 2. The minimum absolute atomic E-state index is 0.0697. The lowest BCUT2D eigenvalue weighted by molar-refractivity contribution is -0.140. The number of pyridine rings is 1. The van der Waals surface area contributed by atoms with Gasteiger partial charge in [-0.3, -0.25) is 9.59 Å². The first-order chi connectivity index (χ1) is 18.8. The van der Waals surface area contributed by atoms with Crippen LogP contribution in [0.1, 0.15) is 68.6 Å². The maximum atomic E-state index is 13.5. The molecule has 1 saturated heterocycles. The van der Waals surface area contributed by atoms with Gasteiger partial charge < -0.3 is 24.0 Å². The summed E-state index contributed by atoms with van der Waals surface area (Å²) in [5.41, 5.74) is 3.48. The Balaban J connectivity index is 1.77. The summed E-state index contributed by atoms with van der Waals surface area (Å²) in [7, 11) is 0. The average molecular weight is 533 g/mol. The summed E-state index contributed by atoms with van der Waals surface area (Å²) in [6.45, 7) is 13.4. The van der Waals surface area contributed by atoms with Crippen LogP contribution < -0.4 is 4.74 Å². The van der Waals surface area contributed by atoms with Gasteiger partial charge in [0.25, 0.3) is 11.7 Å². The van der Waals surface area contributed by atoms with Crippen LogP contribution >= 0.6 is 0 Å². The number of fused-ring (bicyclic) bond motifs is 1. The molecule has 1 aliphatic heterocycles. The van der Waals surface area contributed by atoms with Gasteiger partial charge >= 0.3 is 0 Å². The van der Waals surface area contributed by atoms with E-state index in [4.69, 9.17) is 4.74 Å². The molecule has 1 amide bonds. The summed E-state index contributed by atoms with van der Waals surface area (Å²) >= 11 is 0. The van der Waals surface area contributed by atoms with Gasteiger partial charge in [-0.1, -0.05) is 51.8 Å². The van der Waals surface area contributed by atoms with E-state index in [0.29, 0.717) is 36.7 Å². The molecule has 0 radical (unpaired) electrons. The predicted molar refractivity (Wildman–Crippen MR) is 153 cm³/mol. The van der Waals surface area contributed by atoms with Crippen LogP contribution in [0.5, 0.6) is 5.75 Å². The number of aromatic nitrogens is 2. The lowest BCUT2D eigenvalue weighted by atomic mass is 9.96. The number of ketones is 1. The van der Waals surface area contributed by atoms with E-state index in [-0.39, 0.29) is 11.3 Å². The van der Waals surface area contributed by atoms with Crippen LogP contribution in [-0.4, -0.2) is 68.8 Å². The Hall–Kier alpha value is -3.65. The zero-order valence-electron chi connectivity index (χ0n) is 23.7. The van der Waals surface area contributed by atoms with Crippen LogP contribution in [0, 0.1) is 13.8 Å². The van der Waals surface area contributed by atoms with E-state index >= 15 is 0 Å². The Morgan fingerprint density at radius 2 is 1.77 bits per heavy atom. The molecule has 0 saturated carbocycles. The molecule has 0 spiro atoms. The third-order valence-electron chi connectivity index (χ3n) is 7.61. The Morgan fingerprint density at radius 1 is 1.05 bits per heavy atom. The lowest BCUT2D eigenvalue weighted by Crippen LogP contribution is -2.38. The van der Waals surface area contributed by atoms with Crippen molar-refractivity contribution in [3.63, 3.8) is 0 Å². The van der Waals surface area contributed by atoms with Gasteiger partial charge in [-0.15, -0.1) is 0 Å². The first-order valence-corrected chi connectivity index (χ1v) is 14.0. The van der Waals surface area contributed by atoms with Gasteiger partial charge in [-0.25, -0.2) is 4.98 Å². The van der Waals surface area contributed by atoms with Crippen molar-refractivity contribution < 1.29 is 19.4 Å². The van der Waals surface area contributed by atoms with Crippen molar-refractivity contribution in [2.75, 3.05) is 32.8 Å². The van der Waals surface area contributed by atoms with Crippen LogP contribution in [0.15, 0.2) is 48.2 Å². The standard InChI is InChI=1S/C31H40N4O4/c1-6-9-10-20-39-24-15-13-23(14-16-24)27-25(29(37)31(38)35(27)19-18-33(7-2)8-3)28(36)26-22(5)34-17-11-12-21(4)30(34)32-26/h11-17,27,36H,6-10,18-20H2,1-5H3/b28-25+. The molecule has 1 N–H and O–H groups in total. The number of hydrogen-bond acceptors (Lipinski definition) is 6. The number of unbranched alkanes of at least 4 members (excludes halogenated alkanes) is 2. The highest BCUT2D eigenvalue weighted by molar-refractivity contribution is 6.46. The molecule has 3 aromatic rings. The van der Waals surface area contributed by atoms with Crippen LogP contribution in [-0.2, 0) is 9.59 Å². The Labute approximate surface area is 230 Å². The number of likely N-dealkylation sites (tertiary alicyclic amines) is 1. The number of aryl methyl sites for hydroxylation is 2. The summed E-state index contributed by atoms with van der Waals surface area (Å²) in [5, 5.41) is 11.6. The highest BCUT2D eigenvalue weighted by Gasteiger charge is 2.46. The smallest absolute Gasteiger partial charge is 0.295 e. The van der Waals surface area contributed by atoms with Crippen LogP contribution in [0.25, 0.3) is 11.4 Å². The first-order valence-electron chi connectivity index (χ1n) is 14.0. The largest absolute Gasteiger partial charge is 0.505 e. The molecular weight excluding hydrogens is 492 g/mol. The topological polar surface area (TPSA) is 87.4 Å². The molecule has 1 atom stereocenters. The van der Waals surface area contributed by atoms with Crippen molar-refractivity contribution in [3.8, 4) is 5.75 Å². The summed E-state index contributed by atoms with van der Waals surface area (Å²) in [4.78, 5) is 35.3. The minimum atomic E-state index is -0.722. The Kier molecular flexibility index (Phi) is 9.07. The molecule has 2 aromatic heterocycles. The van der Waals surface area contributed by atoms with Gasteiger partial charge in [0.15, 0.2) is 5.76 Å². The molecule has 8 heteroatoms. The third kappa shape index (κ3) is 5.71. The van der Waals surface area contributed by atoms with Crippen molar-refractivity contribution >= 4 is 23.1 Å². The number of amides is 1. The molecule has 8 nitrogen and oxygen atoms in total. The minimum Gasteiger partial charge on any atom is -0.505 e. The van der Waals surface area contributed by atoms with E-state index in [0.717, 1.165) is 49.2 Å². The molecule has 39 heavy (non-hydrogen) atoms. The monoisotopic (exact) mass is 532 g/mol. The molecule has 0 aliphatic carbocycles. The molecule has 0 bridgehead atoms. The summed E-state index contributed by atoms with van der Waals surface area (Å²) in [6, 6.07) is 10.6. The van der Waals surface area contributed by atoms with Crippen molar-refractivity contribution in [2.45, 2.75) is 59.9 Å². The molecular formula is C31H40N4O4. The van der Waals surface area contributed by atoms with E-state index in [1.165, 1.54) is 0 Å². The molecule has 208 valence electrons. The van der Waals surface area contributed by atoms with E-state index in [2.05, 4.69) is 30.7 Å². The molecule has 1 aromatic carbocycles. The predicted octanol–water partition coefficient (Wildman–Crippen LogP) is 5.28. The number of hydrogen-bond donors (Lipinski definition) is 1. The van der Waals surface area contributed by atoms with E-state index in [1.807, 2.05) is 60.8 Å². The highest BCUT2D eigenvalue weighted by atomic mass is 16.5. The van der Waals surface area contributed by atoms with Crippen molar-refractivity contribution in [1.29, 1.82) is 0 Å². The molecule has 1 aliphatic rings. The van der Waals surface area contributed by atoms with Crippen LogP contribution in [0.3, 0.4) is 0 Å². The van der Waals surface area contributed by atoms with Gasteiger partial charge in [-0.2, -0.15) is 0 Å². The Morgan fingerprint density at radius 3 is 2.41 bits per heavy atom. The van der Waals surface area contributed by atoms with Crippen LogP contribution in [0.2, 0.25) is 0 Å². The summed E-state index contributed by atoms with van der Waals surface area (Å²) < 4.78 is 7.77. The first kappa shape index (κ1) is 28.4. The van der Waals surface area contributed by atoms with E-state index in [9.17, 15) is 14.7 Å².